The second-order valence-electron chi connectivity index (χ2n) is 7.15. The molecule has 4 rings (SSSR count). The van der Waals surface area contributed by atoms with Gasteiger partial charge in [0.25, 0.3) is 0 Å². The van der Waals surface area contributed by atoms with Crippen molar-refractivity contribution in [3.05, 3.63) is 47.5 Å². The second-order valence-corrected chi connectivity index (χ2v) is 8.07. The lowest BCUT2D eigenvalue weighted by Gasteiger charge is -2.25. The standard InChI is InChI=1S/C20H25N5S/c1-23(2)19-8-10-21-20(22-19)24(3)16-9-11-25(13-16)12-15-14-26-18-7-5-4-6-17(15)18/h4-8,10,14,16H,9,11-13H2,1-3H3. The number of aromatic nitrogens is 2. The second kappa shape index (κ2) is 7.21. The maximum Gasteiger partial charge on any atom is 0.227 e. The molecule has 0 saturated carbocycles. The van der Waals surface area contributed by atoms with E-state index in [1.54, 1.807) is 0 Å². The maximum atomic E-state index is 4.68. The van der Waals surface area contributed by atoms with Crippen LogP contribution in [0.4, 0.5) is 11.8 Å². The van der Waals surface area contributed by atoms with Crippen LogP contribution < -0.4 is 9.80 Å². The highest BCUT2D eigenvalue weighted by molar-refractivity contribution is 7.17. The van der Waals surface area contributed by atoms with E-state index < -0.39 is 0 Å². The van der Waals surface area contributed by atoms with Crippen LogP contribution in [0.15, 0.2) is 41.9 Å². The molecule has 5 nitrogen and oxygen atoms in total. The molecule has 1 aliphatic rings. The molecular formula is C20H25N5S. The summed E-state index contributed by atoms with van der Waals surface area (Å²) >= 11 is 1.84. The third-order valence-electron chi connectivity index (χ3n) is 5.15. The van der Waals surface area contributed by atoms with Crippen molar-refractivity contribution < 1.29 is 0 Å². The molecular weight excluding hydrogens is 342 g/mol. The highest BCUT2D eigenvalue weighted by atomic mass is 32.1. The van der Waals surface area contributed by atoms with E-state index in [1.165, 1.54) is 15.6 Å². The minimum Gasteiger partial charge on any atom is -0.363 e. The number of hydrogen-bond donors (Lipinski definition) is 0. The van der Waals surface area contributed by atoms with Crippen LogP contribution in [0.1, 0.15) is 12.0 Å². The first kappa shape index (κ1) is 17.2. The summed E-state index contributed by atoms with van der Waals surface area (Å²) in [5, 5.41) is 3.71. The first-order valence-electron chi connectivity index (χ1n) is 9.02. The third-order valence-corrected chi connectivity index (χ3v) is 6.16. The number of likely N-dealkylation sites (tertiary alicyclic amines) is 1. The van der Waals surface area contributed by atoms with Gasteiger partial charge in [0.2, 0.25) is 5.95 Å². The SMILES string of the molecule is CN(C)c1ccnc(N(C)C2CCN(Cc3csc4ccccc34)C2)n1. The van der Waals surface area contributed by atoms with Gasteiger partial charge in [0.05, 0.1) is 0 Å². The number of hydrogen-bond acceptors (Lipinski definition) is 6. The van der Waals surface area contributed by atoms with Crippen molar-refractivity contribution in [1.29, 1.82) is 0 Å². The molecule has 1 atom stereocenters. The van der Waals surface area contributed by atoms with Gasteiger partial charge in [-0.2, -0.15) is 4.98 Å². The molecule has 0 radical (unpaired) electrons. The summed E-state index contributed by atoms with van der Waals surface area (Å²) in [4.78, 5) is 16.0. The van der Waals surface area contributed by atoms with Crippen LogP contribution in [0, 0.1) is 0 Å². The van der Waals surface area contributed by atoms with Gasteiger partial charge in [0.1, 0.15) is 5.82 Å². The lowest BCUT2D eigenvalue weighted by Crippen LogP contribution is -2.35. The Morgan fingerprint density at radius 3 is 2.88 bits per heavy atom. The van der Waals surface area contributed by atoms with Gasteiger partial charge in [-0.05, 0) is 34.9 Å². The van der Waals surface area contributed by atoms with Gasteiger partial charge in [-0.25, -0.2) is 4.98 Å². The van der Waals surface area contributed by atoms with Gasteiger partial charge in [0.15, 0.2) is 0 Å². The quantitative estimate of drug-likeness (QED) is 0.690. The zero-order chi connectivity index (χ0) is 18.1. The molecule has 2 aromatic heterocycles. The van der Waals surface area contributed by atoms with Crippen molar-refractivity contribution >= 4 is 33.2 Å². The molecule has 26 heavy (non-hydrogen) atoms. The molecule has 1 aromatic carbocycles. The highest BCUT2D eigenvalue weighted by Crippen LogP contribution is 2.28. The van der Waals surface area contributed by atoms with Crippen LogP contribution in [0.2, 0.25) is 0 Å². The monoisotopic (exact) mass is 367 g/mol. The smallest absolute Gasteiger partial charge is 0.227 e. The normalized spacial score (nSPS) is 17.7. The molecule has 136 valence electrons. The number of nitrogens with zero attached hydrogens (tertiary/aromatic N) is 5. The van der Waals surface area contributed by atoms with E-state index in [4.69, 9.17) is 0 Å². The molecule has 1 saturated heterocycles. The summed E-state index contributed by atoms with van der Waals surface area (Å²) in [6, 6.07) is 11.1. The van der Waals surface area contributed by atoms with Gasteiger partial charge in [0, 0.05) is 57.7 Å². The fraction of sp³-hybridized carbons (Fsp3) is 0.400. The van der Waals surface area contributed by atoms with Gasteiger partial charge in [-0.15, -0.1) is 11.3 Å². The molecule has 0 bridgehead atoms. The molecule has 1 aliphatic heterocycles. The van der Waals surface area contributed by atoms with E-state index in [0.29, 0.717) is 6.04 Å². The van der Waals surface area contributed by atoms with E-state index in [0.717, 1.165) is 37.8 Å². The summed E-state index contributed by atoms with van der Waals surface area (Å²) < 4.78 is 1.38. The minimum absolute atomic E-state index is 0.456. The lowest BCUT2D eigenvalue weighted by molar-refractivity contribution is 0.327. The fourth-order valence-corrected chi connectivity index (χ4v) is 4.54. The van der Waals surface area contributed by atoms with Gasteiger partial charge >= 0.3 is 0 Å². The molecule has 0 aliphatic carbocycles. The van der Waals surface area contributed by atoms with Gasteiger partial charge in [-0.1, -0.05) is 18.2 Å². The van der Waals surface area contributed by atoms with Crippen molar-refractivity contribution in [1.82, 2.24) is 14.9 Å². The average Bonchev–Trinajstić information content (AvgIpc) is 3.29. The largest absolute Gasteiger partial charge is 0.363 e. The van der Waals surface area contributed by atoms with Crippen LogP contribution in [-0.2, 0) is 6.54 Å². The zero-order valence-electron chi connectivity index (χ0n) is 15.6. The molecule has 3 aromatic rings. The summed E-state index contributed by atoms with van der Waals surface area (Å²) in [5.41, 5.74) is 1.44. The molecule has 6 heteroatoms. The van der Waals surface area contributed by atoms with E-state index in [9.17, 15) is 0 Å². The number of likely N-dealkylation sites (N-methyl/N-ethyl adjacent to an activating group) is 1. The van der Waals surface area contributed by atoms with Crippen LogP contribution in [0.25, 0.3) is 10.1 Å². The van der Waals surface area contributed by atoms with Crippen LogP contribution in [0.3, 0.4) is 0 Å². The predicted octanol–water partition coefficient (Wildman–Crippen LogP) is 3.47. The third kappa shape index (κ3) is 3.39. The van der Waals surface area contributed by atoms with Crippen LogP contribution >= 0.6 is 11.3 Å². The molecule has 1 fully saturated rings. The number of benzene rings is 1. The van der Waals surface area contributed by atoms with Crippen molar-refractivity contribution in [3.8, 4) is 0 Å². The Bertz CT molecular complexity index is 891. The van der Waals surface area contributed by atoms with Crippen LogP contribution in [0.5, 0.6) is 0 Å². The molecule has 3 heterocycles. The Morgan fingerprint density at radius 2 is 2.04 bits per heavy atom. The number of anilines is 2. The number of rotatable bonds is 5. The Balaban J connectivity index is 1.44. The summed E-state index contributed by atoms with van der Waals surface area (Å²) in [6.45, 7) is 3.19. The number of thiophene rings is 1. The van der Waals surface area contributed by atoms with E-state index in [2.05, 4.69) is 56.5 Å². The molecule has 1 unspecified atom stereocenters. The predicted molar refractivity (Wildman–Crippen MR) is 110 cm³/mol. The van der Waals surface area contributed by atoms with Gasteiger partial charge < -0.3 is 9.80 Å². The molecule has 0 N–H and O–H groups in total. The van der Waals surface area contributed by atoms with Gasteiger partial charge in [-0.3, -0.25) is 4.90 Å². The van der Waals surface area contributed by atoms with Crippen molar-refractivity contribution in [3.63, 3.8) is 0 Å². The van der Waals surface area contributed by atoms with E-state index in [1.807, 2.05) is 42.6 Å². The Hall–Kier alpha value is -2.18. The summed E-state index contributed by atoms with van der Waals surface area (Å²) in [5.74, 6) is 1.76. The lowest BCUT2D eigenvalue weighted by atomic mass is 10.2. The molecule has 0 spiro atoms. The summed E-state index contributed by atoms with van der Waals surface area (Å²) in [6.07, 6.45) is 2.99. The topological polar surface area (TPSA) is 35.5 Å². The minimum atomic E-state index is 0.456. The van der Waals surface area contributed by atoms with Crippen LogP contribution in [-0.4, -0.2) is 55.1 Å². The van der Waals surface area contributed by atoms with Crippen molar-refractivity contribution in [2.75, 3.05) is 44.0 Å². The fourth-order valence-electron chi connectivity index (χ4n) is 3.59. The highest BCUT2D eigenvalue weighted by Gasteiger charge is 2.27. The molecule has 0 amide bonds. The first-order chi connectivity index (χ1) is 12.6. The Kier molecular flexibility index (Phi) is 4.78. The van der Waals surface area contributed by atoms with Crippen molar-refractivity contribution in [2.45, 2.75) is 19.0 Å². The Labute approximate surface area is 158 Å². The van der Waals surface area contributed by atoms with E-state index >= 15 is 0 Å². The Morgan fingerprint density at radius 1 is 1.19 bits per heavy atom. The first-order valence-corrected chi connectivity index (χ1v) is 9.90. The average molecular weight is 368 g/mol. The van der Waals surface area contributed by atoms with E-state index in [-0.39, 0.29) is 0 Å². The maximum absolute atomic E-state index is 4.68. The van der Waals surface area contributed by atoms with Crippen molar-refractivity contribution in [2.24, 2.45) is 0 Å². The number of fused-ring (bicyclic) bond motifs is 1. The summed E-state index contributed by atoms with van der Waals surface area (Å²) in [7, 11) is 6.13. The zero-order valence-corrected chi connectivity index (χ0v) is 16.4.